The normalized spacial score (nSPS) is 19.1. The van der Waals surface area contributed by atoms with E-state index in [2.05, 4.69) is 20.8 Å². The minimum Gasteiger partial charge on any atom is -0.389 e. The zero-order chi connectivity index (χ0) is 15.8. The van der Waals surface area contributed by atoms with Gasteiger partial charge in [-0.05, 0) is 35.1 Å². The molecule has 1 saturated heterocycles. The summed E-state index contributed by atoms with van der Waals surface area (Å²) in [5.41, 5.74) is 7.07. The number of amides is 1. The Hall–Kier alpha value is -1.49. The molecule has 1 amide bonds. The van der Waals surface area contributed by atoms with Crippen LogP contribution in [-0.4, -0.2) is 22.3 Å². The van der Waals surface area contributed by atoms with Crippen molar-refractivity contribution in [2.24, 2.45) is 17.1 Å². The van der Waals surface area contributed by atoms with Crippen LogP contribution in [0.2, 0.25) is 0 Å². The third-order valence-electron chi connectivity index (χ3n) is 4.13. The van der Waals surface area contributed by atoms with Gasteiger partial charge in [0.15, 0.2) is 0 Å². The highest BCUT2D eigenvalue weighted by molar-refractivity contribution is 7.80. The van der Waals surface area contributed by atoms with E-state index in [4.69, 9.17) is 18.0 Å². The maximum Gasteiger partial charge on any atom is 0.223 e. The first kappa shape index (κ1) is 15.9. The van der Waals surface area contributed by atoms with Crippen LogP contribution in [0.4, 0.5) is 4.39 Å². The van der Waals surface area contributed by atoms with Gasteiger partial charge < -0.3 is 10.6 Å². The molecule has 0 saturated carbocycles. The average molecular weight is 308 g/mol. The Morgan fingerprint density at radius 1 is 1.48 bits per heavy atom. The fourth-order valence-electron chi connectivity index (χ4n) is 2.64. The Labute approximate surface area is 130 Å². The van der Waals surface area contributed by atoms with E-state index in [-0.39, 0.29) is 22.1 Å². The van der Waals surface area contributed by atoms with E-state index in [1.54, 1.807) is 11.0 Å². The smallest absolute Gasteiger partial charge is 0.223 e. The number of thiocarbonyl (C=S) groups is 1. The molecule has 1 aliphatic heterocycles. The van der Waals surface area contributed by atoms with Crippen LogP contribution < -0.4 is 5.73 Å². The van der Waals surface area contributed by atoms with Gasteiger partial charge in [-0.25, -0.2) is 4.39 Å². The van der Waals surface area contributed by atoms with Gasteiger partial charge in [0.1, 0.15) is 10.8 Å². The van der Waals surface area contributed by atoms with Crippen molar-refractivity contribution in [1.82, 2.24) is 4.90 Å². The Balaban J connectivity index is 2.21. The molecule has 1 atom stereocenters. The van der Waals surface area contributed by atoms with E-state index in [9.17, 15) is 9.18 Å². The molecule has 1 unspecified atom stereocenters. The second-order valence-corrected chi connectivity index (χ2v) is 7.15. The van der Waals surface area contributed by atoms with Crippen molar-refractivity contribution in [2.75, 3.05) is 6.54 Å². The molecule has 1 aliphatic rings. The molecule has 0 radical (unpaired) electrons. The number of hydrogen-bond acceptors (Lipinski definition) is 2. The van der Waals surface area contributed by atoms with Crippen molar-refractivity contribution >= 4 is 23.1 Å². The predicted octanol–water partition coefficient (Wildman–Crippen LogP) is 2.85. The highest BCUT2D eigenvalue weighted by Gasteiger charge is 2.36. The van der Waals surface area contributed by atoms with Crippen molar-refractivity contribution in [3.05, 3.63) is 35.1 Å². The summed E-state index contributed by atoms with van der Waals surface area (Å²) in [5, 5.41) is 0. The van der Waals surface area contributed by atoms with Crippen LogP contribution in [-0.2, 0) is 11.3 Å². The number of benzene rings is 1. The van der Waals surface area contributed by atoms with E-state index >= 15 is 0 Å². The summed E-state index contributed by atoms with van der Waals surface area (Å²) in [6, 6.07) is 4.32. The molecule has 0 aromatic heterocycles. The Morgan fingerprint density at radius 3 is 2.67 bits per heavy atom. The minimum atomic E-state index is -0.344. The molecular formula is C16H21FN2OS. The van der Waals surface area contributed by atoms with Crippen molar-refractivity contribution in [3.8, 4) is 0 Å². The van der Waals surface area contributed by atoms with Crippen LogP contribution >= 0.6 is 12.2 Å². The van der Waals surface area contributed by atoms with E-state index in [1.807, 2.05) is 0 Å². The van der Waals surface area contributed by atoms with Gasteiger partial charge >= 0.3 is 0 Å². The van der Waals surface area contributed by atoms with Gasteiger partial charge in [0.25, 0.3) is 0 Å². The van der Waals surface area contributed by atoms with Gasteiger partial charge in [-0.3, -0.25) is 4.79 Å². The van der Waals surface area contributed by atoms with Gasteiger partial charge in [0, 0.05) is 25.1 Å². The molecule has 21 heavy (non-hydrogen) atoms. The molecule has 1 heterocycles. The first-order valence-electron chi connectivity index (χ1n) is 7.04. The molecule has 0 bridgehead atoms. The molecule has 0 aliphatic carbocycles. The zero-order valence-electron chi connectivity index (χ0n) is 12.6. The molecule has 0 spiro atoms. The maximum atomic E-state index is 13.5. The summed E-state index contributed by atoms with van der Waals surface area (Å²) in [7, 11) is 0. The largest absolute Gasteiger partial charge is 0.389 e. The fourth-order valence-corrected chi connectivity index (χ4v) is 2.84. The second-order valence-electron chi connectivity index (χ2n) is 6.71. The van der Waals surface area contributed by atoms with Crippen molar-refractivity contribution < 1.29 is 9.18 Å². The van der Waals surface area contributed by atoms with Gasteiger partial charge in [-0.15, -0.1) is 0 Å². The van der Waals surface area contributed by atoms with Gasteiger partial charge in [-0.2, -0.15) is 0 Å². The van der Waals surface area contributed by atoms with Crippen LogP contribution in [0.1, 0.15) is 38.3 Å². The second kappa shape index (κ2) is 5.72. The first-order valence-corrected chi connectivity index (χ1v) is 7.45. The number of likely N-dealkylation sites (tertiary alicyclic amines) is 1. The summed E-state index contributed by atoms with van der Waals surface area (Å²) in [6.07, 6.45) is 0.543. The zero-order valence-corrected chi connectivity index (χ0v) is 13.5. The lowest BCUT2D eigenvalue weighted by molar-refractivity contribution is -0.128. The van der Waals surface area contributed by atoms with Gasteiger partial charge in [-0.1, -0.05) is 33.0 Å². The van der Waals surface area contributed by atoms with Crippen LogP contribution in [0, 0.1) is 17.2 Å². The SMILES string of the molecule is CC(C)(C)C1CC(=O)N(Cc2cc(F)ccc2C(N)=S)C1. The number of rotatable bonds is 3. The summed E-state index contributed by atoms with van der Waals surface area (Å²) in [5.74, 6) is 0.0731. The van der Waals surface area contributed by atoms with E-state index in [0.717, 1.165) is 0 Å². The standard InChI is InChI=1S/C16H21FN2OS/c1-16(2,3)11-7-14(20)19(9-11)8-10-6-12(17)4-5-13(10)15(18)21/h4-6,11H,7-9H2,1-3H3,(H2,18,21). The fraction of sp³-hybridized carbons (Fsp3) is 0.500. The van der Waals surface area contributed by atoms with Gasteiger partial charge in [0.05, 0.1) is 0 Å². The monoisotopic (exact) mass is 308 g/mol. The lowest BCUT2D eigenvalue weighted by atomic mass is 9.80. The van der Waals surface area contributed by atoms with Crippen molar-refractivity contribution in [2.45, 2.75) is 33.7 Å². The molecule has 1 aromatic rings. The molecular weight excluding hydrogens is 287 g/mol. The topological polar surface area (TPSA) is 46.3 Å². The molecule has 1 aromatic carbocycles. The Morgan fingerprint density at radius 2 is 2.14 bits per heavy atom. The number of carbonyl (C=O) groups excluding carboxylic acids is 1. The lowest BCUT2D eigenvalue weighted by Crippen LogP contribution is -2.28. The van der Waals surface area contributed by atoms with Crippen molar-refractivity contribution in [3.63, 3.8) is 0 Å². The third-order valence-corrected chi connectivity index (χ3v) is 4.35. The molecule has 3 nitrogen and oxygen atoms in total. The summed E-state index contributed by atoms with van der Waals surface area (Å²) in [4.78, 5) is 14.2. The highest BCUT2D eigenvalue weighted by atomic mass is 32.1. The number of nitrogens with two attached hydrogens (primary N) is 1. The minimum absolute atomic E-state index is 0.0817. The first-order chi connectivity index (χ1) is 9.68. The quantitative estimate of drug-likeness (QED) is 0.873. The van der Waals surface area contributed by atoms with Crippen LogP contribution in [0.25, 0.3) is 0 Å². The van der Waals surface area contributed by atoms with Crippen molar-refractivity contribution in [1.29, 1.82) is 0 Å². The van der Waals surface area contributed by atoms with E-state index < -0.39 is 0 Å². The average Bonchev–Trinajstić information content (AvgIpc) is 2.70. The molecule has 2 rings (SSSR count). The number of nitrogens with zero attached hydrogens (tertiary/aromatic N) is 1. The Bertz CT molecular complexity index is 580. The van der Waals surface area contributed by atoms with E-state index in [1.165, 1.54) is 12.1 Å². The van der Waals surface area contributed by atoms with Gasteiger partial charge in [0.2, 0.25) is 5.91 Å². The molecule has 5 heteroatoms. The van der Waals surface area contributed by atoms with Crippen LogP contribution in [0.3, 0.4) is 0 Å². The summed E-state index contributed by atoms with van der Waals surface area (Å²) in [6.45, 7) is 7.46. The predicted molar refractivity (Wildman–Crippen MR) is 85.3 cm³/mol. The summed E-state index contributed by atoms with van der Waals surface area (Å²) >= 11 is 5.00. The highest BCUT2D eigenvalue weighted by Crippen LogP contribution is 2.35. The van der Waals surface area contributed by atoms with Crippen LogP contribution in [0.5, 0.6) is 0 Å². The molecule has 1 fully saturated rings. The Kier molecular flexibility index (Phi) is 4.33. The molecule has 2 N–H and O–H groups in total. The summed E-state index contributed by atoms with van der Waals surface area (Å²) < 4.78 is 13.5. The lowest BCUT2D eigenvalue weighted by Gasteiger charge is -2.26. The number of carbonyl (C=O) groups is 1. The number of halogens is 1. The van der Waals surface area contributed by atoms with E-state index in [0.29, 0.717) is 36.6 Å². The van der Waals surface area contributed by atoms with Crippen LogP contribution in [0.15, 0.2) is 18.2 Å². The maximum absolute atomic E-state index is 13.5. The number of hydrogen-bond donors (Lipinski definition) is 1. The third kappa shape index (κ3) is 3.59. The molecule has 114 valence electrons.